The van der Waals surface area contributed by atoms with E-state index in [9.17, 15) is 13.2 Å². The fraction of sp³-hybridized carbons (Fsp3) is 0.150. The first-order chi connectivity index (χ1) is 13.5. The minimum Gasteiger partial charge on any atom is -0.484 e. The van der Waals surface area contributed by atoms with Crippen LogP contribution in [0.5, 0.6) is 5.75 Å². The first-order valence-corrected chi connectivity index (χ1v) is 9.97. The van der Waals surface area contributed by atoms with Crippen molar-refractivity contribution in [3.8, 4) is 5.75 Å². The molecule has 0 saturated heterocycles. The van der Waals surface area contributed by atoms with E-state index in [-0.39, 0.29) is 24.0 Å². The first kappa shape index (κ1) is 19.5. The number of carbonyl (C=O) groups is 1. The number of carbonyl (C=O) groups excluding carboxylic acids is 1. The van der Waals surface area contributed by atoms with E-state index >= 15 is 0 Å². The highest BCUT2D eigenvalue weighted by Gasteiger charge is 2.20. The van der Waals surface area contributed by atoms with E-state index in [1.807, 2.05) is 0 Å². The van der Waals surface area contributed by atoms with Gasteiger partial charge in [-0.3, -0.25) is 9.10 Å². The predicted molar refractivity (Wildman–Crippen MR) is 105 cm³/mol. The van der Waals surface area contributed by atoms with Crippen molar-refractivity contribution in [1.82, 2.24) is 5.32 Å². The molecule has 0 radical (unpaired) electrons. The third-order valence-electron chi connectivity index (χ3n) is 4.01. The summed E-state index contributed by atoms with van der Waals surface area (Å²) in [5.41, 5.74) is 0.485. The zero-order valence-corrected chi connectivity index (χ0v) is 16.1. The molecule has 1 heterocycles. The number of nitrogens with one attached hydrogen (secondary N) is 1. The highest BCUT2D eigenvalue weighted by atomic mass is 32.2. The molecule has 2 aromatic carbocycles. The monoisotopic (exact) mass is 400 g/mol. The Bertz CT molecular complexity index is 1000. The molecular weight excluding hydrogens is 380 g/mol. The number of benzene rings is 2. The van der Waals surface area contributed by atoms with E-state index in [4.69, 9.17) is 9.15 Å². The van der Waals surface area contributed by atoms with Crippen LogP contribution in [0.3, 0.4) is 0 Å². The van der Waals surface area contributed by atoms with E-state index in [2.05, 4.69) is 5.32 Å². The van der Waals surface area contributed by atoms with Gasteiger partial charge in [0, 0.05) is 7.05 Å². The molecule has 0 spiro atoms. The average Bonchev–Trinajstić information content (AvgIpc) is 3.25. The zero-order valence-electron chi connectivity index (χ0n) is 15.2. The van der Waals surface area contributed by atoms with Crippen molar-refractivity contribution in [2.24, 2.45) is 0 Å². The van der Waals surface area contributed by atoms with Crippen LogP contribution in [0.15, 0.2) is 82.3 Å². The molecular formula is C20H20N2O5S. The Morgan fingerprint density at radius 3 is 2.39 bits per heavy atom. The molecule has 0 fully saturated rings. The van der Waals surface area contributed by atoms with E-state index < -0.39 is 10.0 Å². The second kappa shape index (κ2) is 8.62. The molecule has 0 bridgehead atoms. The van der Waals surface area contributed by atoms with Crippen molar-refractivity contribution in [3.05, 3.63) is 78.8 Å². The van der Waals surface area contributed by atoms with Crippen LogP contribution in [0.1, 0.15) is 5.76 Å². The number of nitrogens with zero attached hydrogens (tertiary/aromatic N) is 1. The molecule has 1 aromatic heterocycles. The molecule has 3 rings (SSSR count). The molecule has 8 heteroatoms. The van der Waals surface area contributed by atoms with Gasteiger partial charge in [-0.2, -0.15) is 0 Å². The number of sulfonamides is 1. The van der Waals surface area contributed by atoms with Gasteiger partial charge in [0.15, 0.2) is 6.61 Å². The van der Waals surface area contributed by atoms with Crippen LogP contribution < -0.4 is 14.4 Å². The van der Waals surface area contributed by atoms with Crippen LogP contribution in [0, 0.1) is 0 Å². The minimum absolute atomic E-state index is 0.155. The summed E-state index contributed by atoms with van der Waals surface area (Å²) in [6.07, 6.45) is 1.54. The van der Waals surface area contributed by atoms with Gasteiger partial charge in [0.25, 0.3) is 15.9 Å². The average molecular weight is 400 g/mol. The summed E-state index contributed by atoms with van der Waals surface area (Å²) in [5.74, 6) is 0.826. The van der Waals surface area contributed by atoms with Crippen LogP contribution in [-0.2, 0) is 21.4 Å². The topological polar surface area (TPSA) is 88.8 Å². The van der Waals surface area contributed by atoms with Crippen LogP contribution in [0.2, 0.25) is 0 Å². The third-order valence-corrected chi connectivity index (χ3v) is 5.81. The molecule has 0 aliphatic carbocycles. The van der Waals surface area contributed by atoms with E-state index in [0.717, 1.165) is 0 Å². The van der Waals surface area contributed by atoms with Crippen LogP contribution >= 0.6 is 0 Å². The van der Waals surface area contributed by atoms with E-state index in [1.165, 1.54) is 17.6 Å². The van der Waals surface area contributed by atoms with Crippen molar-refractivity contribution in [2.75, 3.05) is 18.0 Å². The summed E-state index contributed by atoms with van der Waals surface area (Å²) >= 11 is 0. The van der Waals surface area contributed by atoms with Gasteiger partial charge in [0.1, 0.15) is 11.5 Å². The number of furan rings is 1. The lowest BCUT2D eigenvalue weighted by molar-refractivity contribution is -0.123. The predicted octanol–water partition coefficient (Wildman–Crippen LogP) is 2.80. The van der Waals surface area contributed by atoms with E-state index in [0.29, 0.717) is 17.2 Å². The molecule has 0 saturated carbocycles. The number of ether oxygens (including phenoxy) is 1. The van der Waals surface area contributed by atoms with Crippen LogP contribution in [0.25, 0.3) is 0 Å². The first-order valence-electron chi connectivity index (χ1n) is 8.53. The highest BCUT2D eigenvalue weighted by Crippen LogP contribution is 2.24. The van der Waals surface area contributed by atoms with Crippen LogP contribution in [-0.4, -0.2) is 28.0 Å². The molecule has 1 amide bonds. The maximum Gasteiger partial charge on any atom is 0.264 e. The van der Waals surface area contributed by atoms with Gasteiger partial charge < -0.3 is 14.5 Å². The van der Waals surface area contributed by atoms with Crippen molar-refractivity contribution in [1.29, 1.82) is 0 Å². The summed E-state index contributed by atoms with van der Waals surface area (Å²) < 4.78 is 37.0. The lowest BCUT2D eigenvalue weighted by Gasteiger charge is -2.19. The standard InChI is InChI=1S/C20H20N2O5S/c1-22(28(24,25)19-7-3-2-4-8-19)16-9-11-17(12-10-16)27-15-20(23)21-14-18-6-5-13-26-18/h2-13H,14-15H2,1H3,(H,21,23). The van der Waals surface area contributed by atoms with E-state index in [1.54, 1.807) is 66.7 Å². The number of anilines is 1. The fourth-order valence-electron chi connectivity index (χ4n) is 2.44. The second-order valence-corrected chi connectivity index (χ2v) is 7.89. The molecule has 0 aliphatic rings. The minimum atomic E-state index is -3.64. The van der Waals surface area contributed by atoms with Gasteiger partial charge in [0.2, 0.25) is 0 Å². The van der Waals surface area contributed by atoms with Gasteiger partial charge in [-0.1, -0.05) is 18.2 Å². The Labute approximate surface area is 163 Å². The number of hydrogen-bond acceptors (Lipinski definition) is 5. The maximum atomic E-state index is 12.6. The summed E-state index contributed by atoms with van der Waals surface area (Å²) in [6, 6.07) is 18.2. The molecule has 146 valence electrons. The van der Waals surface area contributed by atoms with Crippen molar-refractivity contribution >= 4 is 21.6 Å². The maximum absolute atomic E-state index is 12.6. The summed E-state index contributed by atoms with van der Waals surface area (Å²) in [4.78, 5) is 12.0. The number of hydrogen-bond donors (Lipinski definition) is 1. The Kier molecular flexibility index (Phi) is 6.00. The van der Waals surface area contributed by atoms with Crippen molar-refractivity contribution in [3.63, 3.8) is 0 Å². The molecule has 7 nitrogen and oxygen atoms in total. The van der Waals surface area contributed by atoms with Gasteiger partial charge >= 0.3 is 0 Å². The number of rotatable bonds is 8. The normalized spacial score (nSPS) is 11.0. The Morgan fingerprint density at radius 1 is 1.04 bits per heavy atom. The zero-order chi connectivity index (χ0) is 20.0. The molecule has 28 heavy (non-hydrogen) atoms. The van der Waals surface area contributed by atoms with Gasteiger partial charge in [-0.15, -0.1) is 0 Å². The lowest BCUT2D eigenvalue weighted by Crippen LogP contribution is -2.28. The Balaban J connectivity index is 1.56. The molecule has 0 atom stereocenters. The third kappa shape index (κ3) is 4.72. The molecule has 0 aliphatic heterocycles. The summed E-state index contributed by atoms with van der Waals surface area (Å²) in [5, 5.41) is 2.68. The Morgan fingerprint density at radius 2 is 1.75 bits per heavy atom. The van der Waals surface area contributed by atoms with Crippen molar-refractivity contribution in [2.45, 2.75) is 11.4 Å². The fourth-order valence-corrected chi connectivity index (χ4v) is 3.66. The molecule has 1 N–H and O–H groups in total. The summed E-state index contributed by atoms with van der Waals surface area (Å²) in [7, 11) is -2.15. The SMILES string of the molecule is CN(c1ccc(OCC(=O)NCc2ccco2)cc1)S(=O)(=O)c1ccccc1. The van der Waals surface area contributed by atoms with Gasteiger partial charge in [0.05, 0.1) is 23.4 Å². The van der Waals surface area contributed by atoms with Gasteiger partial charge in [-0.05, 0) is 48.5 Å². The second-order valence-electron chi connectivity index (χ2n) is 5.92. The smallest absolute Gasteiger partial charge is 0.264 e. The Hall–Kier alpha value is -3.26. The largest absolute Gasteiger partial charge is 0.484 e. The van der Waals surface area contributed by atoms with Crippen molar-refractivity contribution < 1.29 is 22.4 Å². The van der Waals surface area contributed by atoms with Crippen LogP contribution in [0.4, 0.5) is 5.69 Å². The lowest BCUT2D eigenvalue weighted by atomic mass is 10.3. The molecule has 3 aromatic rings. The summed E-state index contributed by atoms with van der Waals surface area (Å²) in [6.45, 7) is 0.133. The quantitative estimate of drug-likeness (QED) is 0.628. The van der Waals surface area contributed by atoms with Gasteiger partial charge in [-0.25, -0.2) is 8.42 Å². The highest BCUT2D eigenvalue weighted by molar-refractivity contribution is 7.92. The molecule has 0 unspecified atom stereocenters. The number of amides is 1.